The van der Waals surface area contributed by atoms with Gasteiger partial charge in [0.2, 0.25) is 11.5 Å². The van der Waals surface area contributed by atoms with E-state index in [1.54, 1.807) is 26.1 Å². The van der Waals surface area contributed by atoms with Crippen molar-refractivity contribution < 1.29 is 23.0 Å². The molecule has 0 bridgehead atoms. The topological polar surface area (TPSA) is 106 Å². The molecule has 0 radical (unpaired) electrons. The summed E-state index contributed by atoms with van der Waals surface area (Å²) in [6, 6.07) is 8.27. The Balaban J connectivity index is 2.07. The van der Waals surface area contributed by atoms with E-state index < -0.39 is 34.1 Å². The van der Waals surface area contributed by atoms with Gasteiger partial charge in [0.25, 0.3) is 0 Å². The number of amides is 1. The number of pyridine rings is 1. The lowest BCUT2D eigenvalue weighted by Gasteiger charge is -2.33. The van der Waals surface area contributed by atoms with E-state index in [-0.39, 0.29) is 40.3 Å². The Hall–Kier alpha value is -3.43. The van der Waals surface area contributed by atoms with Gasteiger partial charge < -0.3 is 25.5 Å². The lowest BCUT2D eigenvalue weighted by Crippen LogP contribution is -2.44. The van der Waals surface area contributed by atoms with Gasteiger partial charge in [-0.25, -0.2) is 8.78 Å². The van der Waals surface area contributed by atoms with Crippen molar-refractivity contribution in [3.63, 3.8) is 0 Å². The first-order chi connectivity index (χ1) is 16.2. The summed E-state index contributed by atoms with van der Waals surface area (Å²) in [5.41, 5.74) is 4.24. The van der Waals surface area contributed by atoms with Gasteiger partial charge in [0.05, 0.1) is 23.4 Å². The molecular weight excluding hydrogens is 468 g/mol. The summed E-state index contributed by atoms with van der Waals surface area (Å²) in [5, 5.41) is 2.64. The number of primary amides is 1. The molecule has 4 N–H and O–H groups in total. The van der Waals surface area contributed by atoms with Crippen molar-refractivity contribution in [1.29, 1.82) is 0 Å². The number of methoxy groups -OCH3 is 1. The number of H-pyrrole nitrogens is 1. The predicted molar refractivity (Wildman–Crippen MR) is 124 cm³/mol. The smallest absolute Gasteiger partial charge is 0.249 e. The van der Waals surface area contributed by atoms with Gasteiger partial charge in [0.1, 0.15) is 11.6 Å². The molecule has 10 heteroatoms. The molecule has 1 aliphatic rings. The number of likely N-dealkylation sites (N-methyl/N-ethyl adjacent to an activating group) is 1. The first-order valence-electron chi connectivity index (χ1n) is 10.4. The monoisotopic (exact) mass is 489 g/mol. The van der Waals surface area contributed by atoms with E-state index in [4.69, 9.17) is 26.8 Å². The molecule has 2 aromatic carbocycles. The summed E-state index contributed by atoms with van der Waals surface area (Å²) in [7, 11) is 2.96. The van der Waals surface area contributed by atoms with E-state index in [1.165, 1.54) is 25.3 Å². The third-order valence-electron chi connectivity index (χ3n) is 6.15. The van der Waals surface area contributed by atoms with Crippen LogP contribution in [-0.4, -0.2) is 31.6 Å². The van der Waals surface area contributed by atoms with Crippen molar-refractivity contribution in [2.45, 2.75) is 18.4 Å². The lowest BCUT2D eigenvalue weighted by atomic mass is 9.79. The Morgan fingerprint density at radius 3 is 2.65 bits per heavy atom. The Bertz CT molecular complexity index is 1360. The highest BCUT2D eigenvalue weighted by Crippen LogP contribution is 2.56. The number of aromatic amines is 1. The maximum Gasteiger partial charge on any atom is 0.249 e. The minimum absolute atomic E-state index is 0.0642. The molecule has 1 amide bonds. The number of nitrogens with one attached hydrogen (secondary N) is 2. The number of hydrogen-bond acceptors (Lipinski definition) is 5. The molecule has 0 aliphatic carbocycles. The van der Waals surface area contributed by atoms with Crippen LogP contribution in [0, 0.1) is 11.6 Å². The Labute approximate surface area is 198 Å². The fourth-order valence-electron chi connectivity index (χ4n) is 4.59. The number of aromatic nitrogens is 1. The van der Waals surface area contributed by atoms with Crippen LogP contribution in [0.5, 0.6) is 11.5 Å². The Morgan fingerprint density at radius 2 is 2.03 bits per heavy atom. The summed E-state index contributed by atoms with van der Waals surface area (Å²) in [6.45, 7) is 2.00. The second-order valence-corrected chi connectivity index (χ2v) is 8.38. The zero-order valence-corrected chi connectivity index (χ0v) is 19.3. The van der Waals surface area contributed by atoms with Crippen LogP contribution < -0.4 is 26.1 Å². The number of halogens is 3. The SMILES string of the molecule is CNCC1(c2cccc(=O)[nH]2)Oc2cc(F)c(Cl)c(-c3c(C(N)=O)ccc(OC)c3F)c2C1C. The van der Waals surface area contributed by atoms with Crippen LogP contribution in [0.3, 0.4) is 0 Å². The fraction of sp³-hybridized carbons (Fsp3) is 0.250. The van der Waals surface area contributed by atoms with Crippen LogP contribution >= 0.6 is 11.6 Å². The first-order valence-corrected chi connectivity index (χ1v) is 10.8. The van der Waals surface area contributed by atoms with Crippen molar-refractivity contribution in [2.24, 2.45) is 5.73 Å². The van der Waals surface area contributed by atoms with Crippen LogP contribution in [0.25, 0.3) is 11.1 Å². The first kappa shape index (κ1) is 23.7. The second kappa shape index (κ2) is 8.73. The largest absolute Gasteiger partial charge is 0.494 e. The molecule has 7 nitrogen and oxygen atoms in total. The third-order valence-corrected chi connectivity index (χ3v) is 6.52. The van der Waals surface area contributed by atoms with Gasteiger partial charge in [-0.3, -0.25) is 9.59 Å². The summed E-state index contributed by atoms with van der Waals surface area (Å²) < 4.78 is 42.0. The molecule has 2 atom stereocenters. The molecule has 1 aromatic heterocycles. The second-order valence-electron chi connectivity index (χ2n) is 8.00. The number of fused-ring (bicyclic) bond motifs is 1. The van der Waals surface area contributed by atoms with Gasteiger partial charge in [0.15, 0.2) is 17.2 Å². The molecule has 4 rings (SSSR count). The van der Waals surface area contributed by atoms with Crippen molar-refractivity contribution in [3.05, 3.63) is 80.2 Å². The van der Waals surface area contributed by atoms with Gasteiger partial charge in [-0.2, -0.15) is 0 Å². The van der Waals surface area contributed by atoms with Crippen LogP contribution in [-0.2, 0) is 5.60 Å². The zero-order chi connectivity index (χ0) is 24.8. The number of hydrogen-bond donors (Lipinski definition) is 3. The predicted octanol–water partition coefficient (Wildman–Crippen LogP) is 3.69. The molecule has 2 heterocycles. The van der Waals surface area contributed by atoms with Crippen LogP contribution in [0.1, 0.15) is 34.5 Å². The number of benzene rings is 2. The van der Waals surface area contributed by atoms with E-state index in [0.29, 0.717) is 11.3 Å². The Kier molecular flexibility index (Phi) is 6.09. The third kappa shape index (κ3) is 3.52. The highest BCUT2D eigenvalue weighted by molar-refractivity contribution is 6.34. The van der Waals surface area contributed by atoms with Crippen LogP contribution in [0.4, 0.5) is 8.78 Å². The highest BCUT2D eigenvalue weighted by atomic mass is 35.5. The molecular formula is C24H22ClF2N3O4. The molecule has 34 heavy (non-hydrogen) atoms. The van der Waals surface area contributed by atoms with Gasteiger partial charge in [-0.1, -0.05) is 24.6 Å². The molecule has 0 spiro atoms. The zero-order valence-electron chi connectivity index (χ0n) is 18.6. The number of carbonyl (C=O) groups is 1. The Morgan fingerprint density at radius 1 is 1.29 bits per heavy atom. The maximum atomic E-state index is 15.6. The van der Waals surface area contributed by atoms with Crippen LogP contribution in [0.15, 0.2) is 41.2 Å². The maximum absolute atomic E-state index is 15.6. The van der Waals surface area contributed by atoms with E-state index >= 15 is 8.78 Å². The van der Waals surface area contributed by atoms with Crippen molar-refractivity contribution >= 4 is 17.5 Å². The standard InChI is InChI=1S/C24H22ClF2N3O4/c1-11-18-15(34-24(11,10-29-2)16-5-4-6-17(31)30-16)9-13(26)21(25)20(18)19-12(23(28)32)7-8-14(33-3)22(19)27/h4-9,11,29H,10H2,1-3H3,(H2,28,32)(H,30,31). The highest BCUT2D eigenvalue weighted by Gasteiger charge is 2.50. The molecule has 178 valence electrons. The van der Waals surface area contributed by atoms with Gasteiger partial charge >= 0.3 is 0 Å². The summed E-state index contributed by atoms with van der Waals surface area (Å²) in [5.74, 6) is -3.36. The van der Waals surface area contributed by atoms with E-state index in [2.05, 4.69) is 10.3 Å². The van der Waals surface area contributed by atoms with Crippen LogP contribution in [0.2, 0.25) is 5.02 Å². The van der Waals surface area contributed by atoms with E-state index in [0.717, 1.165) is 6.07 Å². The average molecular weight is 490 g/mol. The van der Waals surface area contributed by atoms with Gasteiger partial charge in [-0.05, 0) is 25.2 Å². The minimum atomic E-state index is -1.19. The quantitative estimate of drug-likeness (QED) is 0.489. The number of rotatable bonds is 6. The summed E-state index contributed by atoms with van der Waals surface area (Å²) >= 11 is 6.40. The molecule has 0 saturated heterocycles. The molecule has 0 fully saturated rings. The normalized spacial score (nSPS) is 18.9. The number of nitrogens with two attached hydrogens (primary N) is 1. The molecule has 2 unspecified atom stereocenters. The van der Waals surface area contributed by atoms with E-state index in [1.807, 2.05) is 0 Å². The van der Waals surface area contributed by atoms with Gasteiger partial charge in [-0.15, -0.1) is 0 Å². The number of carbonyl (C=O) groups excluding carboxylic acids is 1. The minimum Gasteiger partial charge on any atom is -0.494 e. The summed E-state index contributed by atoms with van der Waals surface area (Å²) in [6.07, 6.45) is 0. The van der Waals surface area contributed by atoms with Crippen molar-refractivity contribution in [1.82, 2.24) is 10.3 Å². The van der Waals surface area contributed by atoms with E-state index in [9.17, 15) is 9.59 Å². The number of ether oxygens (including phenoxy) is 2. The fourth-order valence-corrected chi connectivity index (χ4v) is 4.84. The van der Waals surface area contributed by atoms with Crippen molar-refractivity contribution in [2.75, 3.05) is 20.7 Å². The molecule has 1 aliphatic heterocycles. The summed E-state index contributed by atoms with van der Waals surface area (Å²) in [4.78, 5) is 27.1. The molecule has 3 aromatic rings. The lowest BCUT2D eigenvalue weighted by molar-refractivity contribution is 0.0670. The van der Waals surface area contributed by atoms with Gasteiger partial charge in [0, 0.05) is 41.3 Å². The molecule has 0 saturated carbocycles. The van der Waals surface area contributed by atoms with Crippen molar-refractivity contribution in [3.8, 4) is 22.6 Å². The average Bonchev–Trinajstić information content (AvgIpc) is 3.07.